The van der Waals surface area contributed by atoms with E-state index in [9.17, 15) is 4.79 Å². The second kappa shape index (κ2) is 4.87. The highest BCUT2D eigenvalue weighted by molar-refractivity contribution is 5.81. The van der Waals surface area contributed by atoms with Gasteiger partial charge in [-0.15, -0.1) is 0 Å². The normalized spacial score (nSPS) is 17.1. The summed E-state index contributed by atoms with van der Waals surface area (Å²) in [6.07, 6.45) is 4.37. The van der Waals surface area contributed by atoms with Crippen LogP contribution in [0.3, 0.4) is 0 Å². The summed E-state index contributed by atoms with van der Waals surface area (Å²) in [5, 5.41) is 0. The number of hydrogen-bond acceptors (Lipinski definition) is 3. The van der Waals surface area contributed by atoms with Gasteiger partial charge in [0, 0.05) is 19.3 Å². The third kappa shape index (κ3) is 2.66. The molecule has 5 nitrogen and oxygen atoms in total. The Morgan fingerprint density at radius 3 is 3.00 bits per heavy atom. The number of imidazole rings is 1. The van der Waals surface area contributed by atoms with Crippen molar-refractivity contribution in [3.63, 3.8) is 0 Å². The number of nitrogens with two attached hydrogens (primary N) is 1. The fourth-order valence-electron chi connectivity index (χ4n) is 2.22. The molecule has 1 amide bonds. The van der Waals surface area contributed by atoms with Crippen LogP contribution in [0.5, 0.6) is 0 Å². The third-order valence-electron chi connectivity index (χ3n) is 3.12. The second-order valence-electron chi connectivity index (χ2n) is 5.07. The van der Waals surface area contributed by atoms with Gasteiger partial charge in [0.1, 0.15) is 0 Å². The maximum Gasteiger partial charge on any atom is 0.239 e. The summed E-state index contributed by atoms with van der Waals surface area (Å²) < 4.78 is 2.08. The minimum absolute atomic E-state index is 0.0613. The van der Waals surface area contributed by atoms with Crippen molar-refractivity contribution >= 4 is 5.91 Å². The lowest BCUT2D eigenvalue weighted by atomic mass is 10.0. The minimum Gasteiger partial charge on any atom is -0.334 e. The van der Waals surface area contributed by atoms with Crippen molar-refractivity contribution in [1.82, 2.24) is 14.5 Å². The first-order valence-corrected chi connectivity index (χ1v) is 6.11. The van der Waals surface area contributed by atoms with E-state index >= 15 is 0 Å². The molecule has 0 saturated carbocycles. The number of carbonyl (C=O) groups is 1. The third-order valence-corrected chi connectivity index (χ3v) is 3.12. The van der Waals surface area contributed by atoms with Crippen LogP contribution in [0, 0.1) is 5.92 Å². The Bertz CT molecular complexity index is 399. The van der Waals surface area contributed by atoms with Crippen LogP contribution < -0.4 is 5.73 Å². The molecule has 0 bridgehead atoms. The number of aromatic nitrogens is 2. The number of carbonyl (C=O) groups excluding carboxylic acids is 1. The van der Waals surface area contributed by atoms with Crippen molar-refractivity contribution in [3.05, 3.63) is 18.2 Å². The van der Waals surface area contributed by atoms with Gasteiger partial charge < -0.3 is 15.2 Å². The quantitative estimate of drug-likeness (QED) is 0.835. The van der Waals surface area contributed by atoms with Gasteiger partial charge in [0.2, 0.25) is 5.91 Å². The van der Waals surface area contributed by atoms with Gasteiger partial charge in [-0.3, -0.25) is 4.79 Å². The Balaban J connectivity index is 1.98. The fourth-order valence-corrected chi connectivity index (χ4v) is 2.22. The lowest BCUT2D eigenvalue weighted by Crippen LogP contribution is -2.47. The van der Waals surface area contributed by atoms with Gasteiger partial charge in [-0.05, 0) is 12.3 Å². The summed E-state index contributed by atoms with van der Waals surface area (Å²) in [5.41, 5.74) is 7.02. The predicted molar refractivity (Wildman–Crippen MR) is 65.1 cm³/mol. The van der Waals surface area contributed by atoms with Crippen molar-refractivity contribution in [2.45, 2.75) is 39.4 Å². The molecular formula is C12H20N4O. The molecule has 2 N–H and O–H groups in total. The Labute approximate surface area is 102 Å². The fraction of sp³-hybridized carbons (Fsp3) is 0.667. The van der Waals surface area contributed by atoms with E-state index in [1.807, 2.05) is 17.4 Å². The molecule has 2 rings (SSSR count). The molecule has 1 atom stereocenters. The van der Waals surface area contributed by atoms with Crippen molar-refractivity contribution in [1.29, 1.82) is 0 Å². The summed E-state index contributed by atoms with van der Waals surface area (Å²) in [5.74, 6) is 0.510. The van der Waals surface area contributed by atoms with Crippen LogP contribution >= 0.6 is 0 Å². The van der Waals surface area contributed by atoms with Crippen LogP contribution in [0.2, 0.25) is 0 Å². The molecule has 0 unspecified atom stereocenters. The zero-order chi connectivity index (χ0) is 12.4. The van der Waals surface area contributed by atoms with Gasteiger partial charge in [-0.2, -0.15) is 0 Å². The number of rotatable bonds is 3. The lowest BCUT2D eigenvalue weighted by Gasteiger charge is -2.30. The van der Waals surface area contributed by atoms with E-state index in [-0.39, 0.29) is 11.9 Å². The first kappa shape index (κ1) is 12.1. The molecule has 2 heterocycles. The van der Waals surface area contributed by atoms with Crippen molar-refractivity contribution < 1.29 is 4.79 Å². The van der Waals surface area contributed by atoms with E-state index in [2.05, 4.69) is 23.4 Å². The summed E-state index contributed by atoms with van der Waals surface area (Å²) in [7, 11) is 0. The zero-order valence-electron chi connectivity index (χ0n) is 10.5. The molecule has 1 aliphatic heterocycles. The molecule has 94 valence electrons. The average Bonchev–Trinajstić information content (AvgIpc) is 2.73. The molecule has 5 heteroatoms. The van der Waals surface area contributed by atoms with Crippen LogP contribution in [-0.2, 0) is 17.9 Å². The summed E-state index contributed by atoms with van der Waals surface area (Å²) in [4.78, 5) is 18.1. The van der Waals surface area contributed by atoms with E-state index in [0.29, 0.717) is 12.5 Å². The number of nitrogens with zero attached hydrogens (tertiary/aromatic N) is 3. The standard InChI is InChI=1S/C12H20N4O/c1-9(2)5-11(13)12(17)15-3-4-16-8-14-6-10(16)7-15/h6,8-9,11H,3-5,7,13H2,1-2H3/t11-/m0/s1. The van der Waals surface area contributed by atoms with E-state index in [1.165, 1.54) is 0 Å². The van der Waals surface area contributed by atoms with E-state index < -0.39 is 0 Å². The van der Waals surface area contributed by atoms with Crippen molar-refractivity contribution in [3.8, 4) is 0 Å². The number of amides is 1. The molecule has 1 aromatic heterocycles. The van der Waals surface area contributed by atoms with E-state index in [4.69, 9.17) is 5.73 Å². The SMILES string of the molecule is CC(C)C[C@H](N)C(=O)N1CCn2cncc2C1. The van der Waals surface area contributed by atoms with Gasteiger partial charge >= 0.3 is 0 Å². The van der Waals surface area contributed by atoms with Gasteiger partial charge in [-0.25, -0.2) is 4.98 Å². The molecule has 1 aliphatic rings. The van der Waals surface area contributed by atoms with Crippen LogP contribution in [0.1, 0.15) is 26.0 Å². The van der Waals surface area contributed by atoms with Crippen LogP contribution in [0.15, 0.2) is 12.5 Å². The molecule has 0 fully saturated rings. The molecule has 0 aliphatic carbocycles. The van der Waals surface area contributed by atoms with Crippen LogP contribution in [0.4, 0.5) is 0 Å². The summed E-state index contributed by atoms with van der Waals surface area (Å²) in [6, 6.07) is -0.371. The molecular weight excluding hydrogens is 216 g/mol. The summed E-state index contributed by atoms with van der Waals surface area (Å²) >= 11 is 0. The maximum absolute atomic E-state index is 12.1. The number of fused-ring (bicyclic) bond motifs is 1. The molecule has 17 heavy (non-hydrogen) atoms. The monoisotopic (exact) mass is 236 g/mol. The van der Waals surface area contributed by atoms with Crippen molar-refractivity contribution in [2.24, 2.45) is 11.7 Å². The zero-order valence-corrected chi connectivity index (χ0v) is 10.5. The minimum atomic E-state index is -0.371. The lowest BCUT2D eigenvalue weighted by molar-refractivity contribution is -0.134. The molecule has 0 aromatic carbocycles. The summed E-state index contributed by atoms with van der Waals surface area (Å²) in [6.45, 7) is 6.34. The number of hydrogen-bond donors (Lipinski definition) is 1. The Morgan fingerprint density at radius 2 is 2.29 bits per heavy atom. The first-order valence-electron chi connectivity index (χ1n) is 6.11. The van der Waals surface area contributed by atoms with E-state index in [1.54, 1.807) is 0 Å². The topological polar surface area (TPSA) is 64.2 Å². The van der Waals surface area contributed by atoms with Gasteiger partial charge in [0.25, 0.3) is 0 Å². The van der Waals surface area contributed by atoms with Crippen LogP contribution in [0.25, 0.3) is 0 Å². The predicted octanol–water partition coefficient (Wildman–Crippen LogP) is 0.599. The Kier molecular flexibility index (Phi) is 3.47. The molecule has 0 spiro atoms. The average molecular weight is 236 g/mol. The Morgan fingerprint density at radius 1 is 1.53 bits per heavy atom. The largest absolute Gasteiger partial charge is 0.334 e. The molecule has 1 aromatic rings. The van der Waals surface area contributed by atoms with Gasteiger partial charge in [-0.1, -0.05) is 13.8 Å². The highest BCUT2D eigenvalue weighted by Crippen LogP contribution is 2.14. The van der Waals surface area contributed by atoms with Gasteiger partial charge in [0.05, 0.1) is 24.6 Å². The van der Waals surface area contributed by atoms with Gasteiger partial charge in [0.15, 0.2) is 0 Å². The maximum atomic E-state index is 12.1. The highest BCUT2D eigenvalue weighted by atomic mass is 16.2. The molecule has 0 saturated heterocycles. The van der Waals surface area contributed by atoms with Crippen molar-refractivity contribution in [2.75, 3.05) is 6.54 Å². The smallest absolute Gasteiger partial charge is 0.239 e. The van der Waals surface area contributed by atoms with E-state index in [0.717, 1.165) is 25.2 Å². The van der Waals surface area contributed by atoms with Crippen LogP contribution in [-0.4, -0.2) is 32.9 Å². The molecule has 0 radical (unpaired) electrons. The highest BCUT2D eigenvalue weighted by Gasteiger charge is 2.25. The second-order valence-corrected chi connectivity index (χ2v) is 5.07. The first-order chi connectivity index (χ1) is 8.08. The Hall–Kier alpha value is -1.36.